The van der Waals surface area contributed by atoms with Crippen molar-refractivity contribution in [2.24, 2.45) is 0 Å². The number of methoxy groups -OCH3 is 1. The minimum Gasteiger partial charge on any atom is -0.497 e. The first kappa shape index (κ1) is 18.5. The summed E-state index contributed by atoms with van der Waals surface area (Å²) in [4.78, 5) is 27.1. The molecule has 3 aromatic rings. The number of aromatic amines is 1. The summed E-state index contributed by atoms with van der Waals surface area (Å²) in [6, 6.07) is 15.5. The zero-order valence-electron chi connectivity index (χ0n) is 15.2. The van der Waals surface area contributed by atoms with E-state index in [1.807, 2.05) is 48.7 Å². The van der Waals surface area contributed by atoms with Crippen molar-refractivity contribution in [2.75, 3.05) is 13.7 Å². The number of rotatable bonds is 8. The van der Waals surface area contributed by atoms with Crippen molar-refractivity contribution >= 4 is 22.7 Å². The van der Waals surface area contributed by atoms with Gasteiger partial charge in [0.2, 0.25) is 11.8 Å². The first-order chi connectivity index (χ1) is 13.2. The Bertz CT molecular complexity index is 916. The molecule has 6 nitrogen and oxygen atoms in total. The fourth-order valence-corrected chi connectivity index (χ4v) is 2.89. The summed E-state index contributed by atoms with van der Waals surface area (Å²) in [6.45, 7) is 0.873. The van der Waals surface area contributed by atoms with E-state index in [0.29, 0.717) is 19.5 Å². The van der Waals surface area contributed by atoms with Gasteiger partial charge in [-0.15, -0.1) is 0 Å². The van der Waals surface area contributed by atoms with Gasteiger partial charge in [0.15, 0.2) is 0 Å². The normalized spacial score (nSPS) is 10.6. The molecule has 1 aromatic heterocycles. The van der Waals surface area contributed by atoms with Crippen molar-refractivity contribution in [3.05, 3.63) is 65.9 Å². The van der Waals surface area contributed by atoms with E-state index in [-0.39, 0.29) is 18.2 Å². The van der Waals surface area contributed by atoms with Gasteiger partial charge in [-0.2, -0.15) is 0 Å². The molecule has 2 amide bonds. The Balaban J connectivity index is 1.38. The van der Waals surface area contributed by atoms with Gasteiger partial charge in [0.05, 0.1) is 7.11 Å². The molecule has 0 unspecified atom stereocenters. The number of carbonyl (C=O) groups excluding carboxylic acids is 2. The molecule has 0 saturated carbocycles. The second kappa shape index (κ2) is 8.89. The molecule has 6 heteroatoms. The number of hydrogen-bond donors (Lipinski definition) is 3. The number of hydrogen-bond acceptors (Lipinski definition) is 3. The summed E-state index contributed by atoms with van der Waals surface area (Å²) in [7, 11) is 1.61. The highest BCUT2D eigenvalue weighted by molar-refractivity contribution is 5.96. The van der Waals surface area contributed by atoms with Gasteiger partial charge in [0.25, 0.3) is 0 Å². The maximum atomic E-state index is 11.9. The van der Waals surface area contributed by atoms with Crippen LogP contribution in [0, 0.1) is 0 Å². The van der Waals surface area contributed by atoms with Crippen molar-refractivity contribution in [2.45, 2.75) is 19.4 Å². The Morgan fingerprint density at radius 1 is 1.00 bits per heavy atom. The molecule has 0 bridgehead atoms. The number of benzene rings is 2. The summed E-state index contributed by atoms with van der Waals surface area (Å²) < 4.78 is 5.09. The SMILES string of the molecule is COc1ccc(CNC(=O)CC(=O)NCCc2c[nH]c3ccccc23)cc1. The van der Waals surface area contributed by atoms with Crippen molar-refractivity contribution in [1.82, 2.24) is 15.6 Å². The summed E-state index contributed by atoms with van der Waals surface area (Å²) in [5, 5.41) is 6.71. The second-order valence-electron chi connectivity index (χ2n) is 6.26. The van der Waals surface area contributed by atoms with Crippen LogP contribution in [0.25, 0.3) is 10.9 Å². The zero-order valence-corrected chi connectivity index (χ0v) is 15.2. The molecule has 0 spiro atoms. The van der Waals surface area contributed by atoms with Gasteiger partial charge < -0.3 is 20.4 Å². The van der Waals surface area contributed by atoms with Gasteiger partial charge in [-0.3, -0.25) is 9.59 Å². The van der Waals surface area contributed by atoms with Crippen molar-refractivity contribution in [3.8, 4) is 5.75 Å². The number of H-pyrrole nitrogens is 1. The molecule has 1 heterocycles. The van der Waals surface area contributed by atoms with Crippen LogP contribution in [-0.2, 0) is 22.6 Å². The van der Waals surface area contributed by atoms with Gasteiger partial charge >= 0.3 is 0 Å². The van der Waals surface area contributed by atoms with Crippen LogP contribution >= 0.6 is 0 Å². The van der Waals surface area contributed by atoms with Crippen LogP contribution in [0.2, 0.25) is 0 Å². The van der Waals surface area contributed by atoms with E-state index in [9.17, 15) is 9.59 Å². The number of carbonyl (C=O) groups is 2. The average Bonchev–Trinajstić information content (AvgIpc) is 3.10. The van der Waals surface area contributed by atoms with Gasteiger partial charge in [0.1, 0.15) is 12.2 Å². The summed E-state index contributed by atoms with van der Waals surface area (Å²) in [5.41, 5.74) is 3.18. The van der Waals surface area contributed by atoms with Gasteiger partial charge in [-0.25, -0.2) is 0 Å². The lowest BCUT2D eigenvalue weighted by atomic mass is 10.1. The smallest absolute Gasteiger partial charge is 0.229 e. The Morgan fingerprint density at radius 3 is 2.52 bits per heavy atom. The van der Waals surface area contributed by atoms with Crippen LogP contribution in [0.4, 0.5) is 0 Å². The molecule has 0 aliphatic heterocycles. The lowest BCUT2D eigenvalue weighted by Crippen LogP contribution is -2.32. The Labute approximate surface area is 157 Å². The van der Waals surface area contributed by atoms with Crippen molar-refractivity contribution in [1.29, 1.82) is 0 Å². The fraction of sp³-hybridized carbons (Fsp3) is 0.238. The third-order valence-electron chi connectivity index (χ3n) is 4.36. The fourth-order valence-electron chi connectivity index (χ4n) is 2.89. The van der Waals surface area contributed by atoms with Crippen LogP contribution in [0.3, 0.4) is 0 Å². The number of fused-ring (bicyclic) bond motifs is 1. The lowest BCUT2D eigenvalue weighted by molar-refractivity contribution is -0.129. The van der Waals surface area contributed by atoms with E-state index in [1.165, 1.54) is 0 Å². The standard InChI is InChI=1S/C21H23N3O3/c1-27-17-8-6-15(7-9-17)13-24-21(26)12-20(25)22-11-10-16-14-23-19-5-3-2-4-18(16)19/h2-9,14,23H,10-13H2,1H3,(H,22,25)(H,24,26). The number of amides is 2. The largest absolute Gasteiger partial charge is 0.497 e. The highest BCUT2D eigenvalue weighted by atomic mass is 16.5. The monoisotopic (exact) mass is 365 g/mol. The quantitative estimate of drug-likeness (QED) is 0.537. The van der Waals surface area contributed by atoms with Gasteiger partial charge in [-0.05, 0) is 35.7 Å². The highest BCUT2D eigenvalue weighted by Gasteiger charge is 2.09. The highest BCUT2D eigenvalue weighted by Crippen LogP contribution is 2.17. The molecule has 2 aromatic carbocycles. The Morgan fingerprint density at radius 2 is 1.74 bits per heavy atom. The molecular weight excluding hydrogens is 342 g/mol. The molecule has 0 aliphatic carbocycles. The van der Waals surface area contributed by atoms with E-state index in [0.717, 1.165) is 27.8 Å². The van der Waals surface area contributed by atoms with Gasteiger partial charge in [-0.1, -0.05) is 30.3 Å². The molecular formula is C21H23N3O3. The maximum absolute atomic E-state index is 11.9. The first-order valence-corrected chi connectivity index (χ1v) is 8.87. The maximum Gasteiger partial charge on any atom is 0.229 e. The summed E-state index contributed by atoms with van der Waals surface area (Å²) in [6.07, 6.45) is 2.49. The Kier molecular flexibility index (Phi) is 6.10. The van der Waals surface area contributed by atoms with Crippen LogP contribution in [-0.4, -0.2) is 30.5 Å². The van der Waals surface area contributed by atoms with E-state index >= 15 is 0 Å². The predicted octanol–water partition coefficient (Wildman–Crippen LogP) is 2.54. The minimum atomic E-state index is -0.296. The molecule has 27 heavy (non-hydrogen) atoms. The number of aromatic nitrogens is 1. The van der Waals surface area contributed by atoms with Crippen LogP contribution in [0.5, 0.6) is 5.75 Å². The van der Waals surface area contributed by atoms with Crippen molar-refractivity contribution in [3.63, 3.8) is 0 Å². The summed E-state index contributed by atoms with van der Waals surface area (Å²) in [5.74, 6) is 0.192. The van der Waals surface area contributed by atoms with Crippen LogP contribution in [0.1, 0.15) is 17.5 Å². The minimum absolute atomic E-state index is 0.177. The molecule has 0 fully saturated rings. The number of ether oxygens (including phenoxy) is 1. The van der Waals surface area contributed by atoms with E-state index < -0.39 is 0 Å². The third kappa shape index (κ3) is 5.10. The summed E-state index contributed by atoms with van der Waals surface area (Å²) >= 11 is 0. The van der Waals surface area contributed by atoms with Gasteiger partial charge in [0, 0.05) is 30.2 Å². The first-order valence-electron chi connectivity index (χ1n) is 8.87. The van der Waals surface area contributed by atoms with E-state index in [2.05, 4.69) is 21.7 Å². The topological polar surface area (TPSA) is 83.2 Å². The molecule has 3 N–H and O–H groups in total. The Hall–Kier alpha value is -3.28. The molecule has 140 valence electrons. The van der Waals surface area contributed by atoms with Crippen LogP contribution in [0.15, 0.2) is 54.7 Å². The average molecular weight is 365 g/mol. The third-order valence-corrected chi connectivity index (χ3v) is 4.36. The number of para-hydroxylation sites is 1. The van der Waals surface area contributed by atoms with E-state index in [4.69, 9.17) is 4.74 Å². The number of nitrogens with one attached hydrogen (secondary N) is 3. The molecule has 0 atom stereocenters. The molecule has 0 aliphatic rings. The molecule has 0 saturated heterocycles. The van der Waals surface area contributed by atoms with E-state index in [1.54, 1.807) is 7.11 Å². The van der Waals surface area contributed by atoms with Crippen molar-refractivity contribution < 1.29 is 14.3 Å². The molecule has 3 rings (SSSR count). The zero-order chi connectivity index (χ0) is 19.1. The lowest BCUT2D eigenvalue weighted by Gasteiger charge is -2.07. The molecule has 0 radical (unpaired) electrons. The predicted molar refractivity (Wildman–Crippen MR) is 104 cm³/mol. The second-order valence-corrected chi connectivity index (χ2v) is 6.26. The van der Waals surface area contributed by atoms with Crippen LogP contribution < -0.4 is 15.4 Å².